The fourth-order valence-electron chi connectivity index (χ4n) is 5.20. The van der Waals surface area contributed by atoms with Crippen LogP contribution in [-0.2, 0) is 22.4 Å². The van der Waals surface area contributed by atoms with Crippen molar-refractivity contribution < 1.29 is 14.3 Å². The number of aryl methyl sites for hydroxylation is 1. The smallest absolute Gasteiger partial charge is 0.341 e. The maximum absolute atomic E-state index is 13.8. The van der Waals surface area contributed by atoms with E-state index < -0.39 is 5.97 Å². The number of carbonyl (C=O) groups excluding carboxylic acids is 2. The fourth-order valence-corrected chi connectivity index (χ4v) is 7.42. The zero-order chi connectivity index (χ0) is 28.5. The molecular formula is C30H27ClN4O4S2. The summed E-state index contributed by atoms with van der Waals surface area (Å²) in [5, 5.41) is 5.23. The quantitative estimate of drug-likeness (QED) is 0.0918. The van der Waals surface area contributed by atoms with Gasteiger partial charge in [-0.15, -0.1) is 11.3 Å². The number of hydrogen-bond donors (Lipinski definition) is 2. The second-order valence-corrected chi connectivity index (χ2v) is 12.2. The van der Waals surface area contributed by atoms with Crippen LogP contribution in [0, 0.1) is 0 Å². The number of ether oxygens (including phenoxy) is 1. The highest BCUT2D eigenvalue weighted by molar-refractivity contribution is 7.99. The van der Waals surface area contributed by atoms with Crippen LogP contribution in [0.15, 0.2) is 58.5 Å². The molecule has 11 heteroatoms. The summed E-state index contributed by atoms with van der Waals surface area (Å²) in [5.74, 6) is -0.718. The van der Waals surface area contributed by atoms with E-state index in [0.29, 0.717) is 37.5 Å². The summed E-state index contributed by atoms with van der Waals surface area (Å²) in [6.07, 6.45) is 4.86. The van der Waals surface area contributed by atoms with Gasteiger partial charge in [-0.05, 0) is 68.5 Å². The number of benzene rings is 2. The number of amides is 1. The Bertz CT molecular complexity index is 1840. The van der Waals surface area contributed by atoms with Gasteiger partial charge in [0.2, 0.25) is 5.91 Å². The van der Waals surface area contributed by atoms with Gasteiger partial charge in [-0.1, -0.05) is 48.0 Å². The number of para-hydroxylation sites is 1. The largest absolute Gasteiger partial charge is 0.462 e. The third-order valence-electron chi connectivity index (χ3n) is 7.07. The van der Waals surface area contributed by atoms with Crippen LogP contribution in [0.25, 0.3) is 27.6 Å². The van der Waals surface area contributed by atoms with Gasteiger partial charge in [0.25, 0.3) is 5.56 Å². The molecule has 5 aromatic rings. The third-order valence-corrected chi connectivity index (χ3v) is 9.46. The lowest BCUT2D eigenvalue weighted by Gasteiger charge is -2.12. The van der Waals surface area contributed by atoms with Gasteiger partial charge in [0, 0.05) is 20.8 Å². The first-order valence-electron chi connectivity index (χ1n) is 13.5. The van der Waals surface area contributed by atoms with Crippen LogP contribution < -0.4 is 10.9 Å². The number of nitrogens with one attached hydrogen (secondary N) is 2. The van der Waals surface area contributed by atoms with Crippen LogP contribution in [0.2, 0.25) is 5.02 Å². The molecule has 3 heterocycles. The molecule has 6 rings (SSSR count). The Hall–Kier alpha value is -3.60. The molecule has 2 aromatic carbocycles. The molecule has 0 aliphatic heterocycles. The van der Waals surface area contributed by atoms with E-state index in [1.54, 1.807) is 31.2 Å². The Morgan fingerprint density at radius 3 is 2.71 bits per heavy atom. The summed E-state index contributed by atoms with van der Waals surface area (Å²) in [6, 6.07) is 14.5. The Labute approximate surface area is 249 Å². The summed E-state index contributed by atoms with van der Waals surface area (Å²) in [4.78, 5) is 49.1. The second-order valence-electron chi connectivity index (χ2n) is 9.73. The molecule has 2 N–H and O–H groups in total. The van der Waals surface area contributed by atoms with Gasteiger partial charge in [-0.25, -0.2) is 9.78 Å². The Balaban J connectivity index is 1.34. The van der Waals surface area contributed by atoms with E-state index in [1.807, 2.05) is 24.3 Å². The zero-order valence-corrected chi connectivity index (χ0v) is 24.7. The minimum absolute atomic E-state index is 0.0152. The molecule has 1 aliphatic carbocycles. The lowest BCUT2D eigenvalue weighted by molar-refractivity contribution is -0.113. The van der Waals surface area contributed by atoms with Gasteiger partial charge >= 0.3 is 5.97 Å². The van der Waals surface area contributed by atoms with E-state index in [4.69, 9.17) is 21.3 Å². The monoisotopic (exact) mass is 606 g/mol. The van der Waals surface area contributed by atoms with Crippen LogP contribution in [0.3, 0.4) is 0 Å². The molecular weight excluding hydrogens is 580 g/mol. The normalized spacial score (nSPS) is 13.2. The van der Waals surface area contributed by atoms with Gasteiger partial charge < -0.3 is 15.0 Å². The van der Waals surface area contributed by atoms with Crippen molar-refractivity contribution in [1.29, 1.82) is 0 Å². The number of nitrogens with zero attached hydrogens (tertiary/aromatic N) is 2. The first-order chi connectivity index (χ1) is 19.9. The second kappa shape index (κ2) is 11.7. The number of anilines is 1. The number of thioether (sulfide) groups is 1. The Kier molecular flexibility index (Phi) is 7.88. The molecule has 0 unspecified atom stereocenters. The standard InChI is InChI=1S/C30H27ClN4O4S2/c1-2-39-29(38)24-20-9-4-3-5-11-22(20)41-27(24)33-23(36)16-40-30-34-25-19-8-6-7-10-21(19)32-26(25)28(37)35(30)18-14-12-17(31)13-15-18/h6-8,10,12-15,32H,2-5,9,11,16H2,1H3,(H,33,36). The highest BCUT2D eigenvalue weighted by Crippen LogP contribution is 2.38. The van der Waals surface area contributed by atoms with E-state index in [9.17, 15) is 14.4 Å². The molecule has 210 valence electrons. The van der Waals surface area contributed by atoms with Crippen molar-refractivity contribution in [2.45, 2.75) is 44.2 Å². The number of H-pyrrole nitrogens is 1. The van der Waals surface area contributed by atoms with E-state index in [0.717, 1.165) is 65.2 Å². The molecule has 8 nitrogen and oxygen atoms in total. The van der Waals surface area contributed by atoms with Crippen molar-refractivity contribution >= 4 is 73.5 Å². The predicted octanol–water partition coefficient (Wildman–Crippen LogP) is 6.76. The van der Waals surface area contributed by atoms with E-state index in [2.05, 4.69) is 10.3 Å². The molecule has 0 spiro atoms. The first kappa shape index (κ1) is 27.6. The number of thiophene rings is 1. The molecule has 0 radical (unpaired) electrons. The number of aromatic nitrogens is 3. The minimum Gasteiger partial charge on any atom is -0.462 e. The molecule has 3 aromatic heterocycles. The average Bonchev–Trinajstić information content (AvgIpc) is 3.42. The van der Waals surface area contributed by atoms with Gasteiger partial charge in [0.1, 0.15) is 16.0 Å². The third kappa shape index (κ3) is 5.39. The van der Waals surface area contributed by atoms with Crippen LogP contribution in [-0.4, -0.2) is 38.8 Å². The molecule has 41 heavy (non-hydrogen) atoms. The van der Waals surface area contributed by atoms with Crippen molar-refractivity contribution in [3.05, 3.63) is 79.9 Å². The van der Waals surface area contributed by atoms with E-state index >= 15 is 0 Å². The van der Waals surface area contributed by atoms with E-state index in [1.165, 1.54) is 15.9 Å². The Morgan fingerprint density at radius 2 is 1.90 bits per heavy atom. The van der Waals surface area contributed by atoms with E-state index in [-0.39, 0.29) is 23.8 Å². The molecule has 1 amide bonds. The molecule has 1 aliphatic rings. The summed E-state index contributed by atoms with van der Waals surface area (Å²) in [7, 11) is 0. The number of hydrogen-bond acceptors (Lipinski definition) is 7. The van der Waals surface area contributed by atoms with Gasteiger partial charge in [-0.2, -0.15) is 0 Å². The maximum atomic E-state index is 13.8. The number of fused-ring (bicyclic) bond motifs is 4. The molecule has 0 atom stereocenters. The highest BCUT2D eigenvalue weighted by Gasteiger charge is 2.27. The number of carbonyl (C=O) groups is 2. The topological polar surface area (TPSA) is 106 Å². The summed E-state index contributed by atoms with van der Waals surface area (Å²) < 4.78 is 6.84. The SMILES string of the molecule is CCOC(=O)c1c(NC(=O)CSc2nc3c([nH]c4ccccc43)c(=O)n2-c2ccc(Cl)cc2)sc2c1CCCCC2. The highest BCUT2D eigenvalue weighted by atomic mass is 35.5. The lowest BCUT2D eigenvalue weighted by atomic mass is 10.1. The lowest BCUT2D eigenvalue weighted by Crippen LogP contribution is -2.23. The molecule has 0 saturated carbocycles. The minimum atomic E-state index is -0.405. The van der Waals surface area contributed by atoms with Crippen LogP contribution in [0.5, 0.6) is 0 Å². The first-order valence-corrected chi connectivity index (χ1v) is 15.7. The van der Waals surface area contributed by atoms with Crippen molar-refractivity contribution in [2.75, 3.05) is 17.7 Å². The van der Waals surface area contributed by atoms with Gasteiger partial charge in [0.15, 0.2) is 5.16 Å². The summed E-state index contributed by atoms with van der Waals surface area (Å²) >= 11 is 8.73. The zero-order valence-electron chi connectivity index (χ0n) is 22.3. The average molecular weight is 607 g/mol. The van der Waals surface area contributed by atoms with Crippen LogP contribution in [0.4, 0.5) is 5.00 Å². The summed E-state index contributed by atoms with van der Waals surface area (Å²) in [5.41, 5.74) is 3.52. The van der Waals surface area contributed by atoms with Crippen molar-refractivity contribution in [2.24, 2.45) is 0 Å². The van der Waals surface area contributed by atoms with Crippen molar-refractivity contribution in [3.63, 3.8) is 0 Å². The summed E-state index contributed by atoms with van der Waals surface area (Å²) in [6.45, 7) is 2.03. The fraction of sp³-hybridized carbons (Fsp3) is 0.267. The van der Waals surface area contributed by atoms with Crippen LogP contribution >= 0.6 is 34.7 Å². The number of rotatable bonds is 7. The number of halogens is 1. The maximum Gasteiger partial charge on any atom is 0.341 e. The molecule has 0 fully saturated rings. The molecule has 0 saturated heterocycles. The number of aromatic amines is 1. The van der Waals surface area contributed by atoms with Crippen molar-refractivity contribution in [1.82, 2.24) is 14.5 Å². The van der Waals surface area contributed by atoms with Crippen molar-refractivity contribution in [3.8, 4) is 5.69 Å². The van der Waals surface area contributed by atoms with Gasteiger partial charge in [0.05, 0.1) is 23.6 Å². The van der Waals surface area contributed by atoms with Gasteiger partial charge in [-0.3, -0.25) is 14.2 Å². The molecule has 0 bridgehead atoms. The predicted molar refractivity (Wildman–Crippen MR) is 165 cm³/mol. The Morgan fingerprint density at radius 1 is 1.12 bits per heavy atom. The van der Waals surface area contributed by atoms with Crippen LogP contribution in [0.1, 0.15) is 47.0 Å². The number of esters is 1.